The van der Waals surface area contributed by atoms with E-state index in [0.29, 0.717) is 6.04 Å². The lowest BCUT2D eigenvalue weighted by Gasteiger charge is -2.37. The Labute approximate surface area is 179 Å². The number of benzene rings is 1. The van der Waals surface area contributed by atoms with Crippen LogP contribution in [0.15, 0.2) is 24.3 Å². The largest absolute Gasteiger partial charge is 0.356 e. The number of aromatic nitrogens is 2. The molecule has 2 aromatic rings. The molecule has 1 aliphatic carbocycles. The van der Waals surface area contributed by atoms with E-state index in [-0.39, 0.29) is 11.9 Å². The van der Waals surface area contributed by atoms with E-state index < -0.39 is 0 Å². The van der Waals surface area contributed by atoms with Crippen LogP contribution >= 0.6 is 0 Å². The van der Waals surface area contributed by atoms with Crippen molar-refractivity contribution in [2.75, 3.05) is 31.6 Å². The van der Waals surface area contributed by atoms with Gasteiger partial charge in [0, 0.05) is 49.5 Å². The van der Waals surface area contributed by atoms with Crippen LogP contribution in [0.5, 0.6) is 0 Å². The molecule has 2 heterocycles. The van der Waals surface area contributed by atoms with Gasteiger partial charge in [0.2, 0.25) is 0 Å². The first-order valence-corrected chi connectivity index (χ1v) is 11.2. The number of carbonyl (C=O) groups is 1. The zero-order valence-electron chi connectivity index (χ0n) is 18.6. The maximum atomic E-state index is 13.2. The predicted molar refractivity (Wildman–Crippen MR) is 120 cm³/mol. The maximum Gasteiger partial charge on any atom is 0.253 e. The minimum absolute atomic E-state index is 0.132. The van der Waals surface area contributed by atoms with Crippen molar-refractivity contribution in [2.24, 2.45) is 0 Å². The molecule has 1 N–H and O–H groups in total. The quantitative estimate of drug-likeness (QED) is 0.823. The molecule has 0 radical (unpaired) electrons. The second kappa shape index (κ2) is 8.72. The number of hydrogen-bond acceptors (Lipinski definition) is 5. The van der Waals surface area contributed by atoms with Gasteiger partial charge in [0.15, 0.2) is 0 Å². The molecule has 1 atom stereocenters. The van der Waals surface area contributed by atoms with Crippen LogP contribution < -0.4 is 10.2 Å². The zero-order valence-corrected chi connectivity index (χ0v) is 18.6. The van der Waals surface area contributed by atoms with Crippen LogP contribution in [0.1, 0.15) is 65.2 Å². The Kier molecular flexibility index (Phi) is 6.04. The second-order valence-electron chi connectivity index (χ2n) is 8.61. The van der Waals surface area contributed by atoms with Gasteiger partial charge in [-0.15, -0.1) is 0 Å². The molecule has 1 aliphatic heterocycles. The first kappa shape index (κ1) is 20.8. The molecule has 1 amide bonds. The lowest BCUT2D eigenvalue weighted by atomic mass is 10.0. The summed E-state index contributed by atoms with van der Waals surface area (Å²) in [6.07, 6.45) is 4.12. The number of nitrogens with zero attached hydrogens (tertiary/aromatic N) is 4. The topological polar surface area (TPSA) is 61.4 Å². The first-order chi connectivity index (χ1) is 14.5. The average Bonchev–Trinajstić information content (AvgIpc) is 3.14. The normalized spacial score (nSPS) is 19.1. The van der Waals surface area contributed by atoms with Crippen LogP contribution in [0.3, 0.4) is 0 Å². The molecule has 0 bridgehead atoms. The molecule has 0 spiro atoms. The highest BCUT2D eigenvalue weighted by Crippen LogP contribution is 2.32. The number of anilines is 1. The van der Waals surface area contributed by atoms with Gasteiger partial charge in [0.05, 0.1) is 0 Å². The Hall–Kier alpha value is -2.47. The Bertz CT molecular complexity index is 898. The predicted octanol–water partition coefficient (Wildman–Crippen LogP) is 3.43. The van der Waals surface area contributed by atoms with E-state index in [4.69, 9.17) is 0 Å². The van der Waals surface area contributed by atoms with Crippen LogP contribution in [0.4, 0.5) is 5.82 Å². The fourth-order valence-corrected chi connectivity index (χ4v) is 4.90. The van der Waals surface area contributed by atoms with Gasteiger partial charge in [-0.25, -0.2) is 9.97 Å². The fourth-order valence-electron chi connectivity index (χ4n) is 4.90. The molecular weight excluding hydrogens is 374 g/mol. The molecule has 6 heteroatoms. The highest BCUT2D eigenvalue weighted by Gasteiger charge is 2.28. The number of piperidine rings is 1. The van der Waals surface area contributed by atoms with Crippen LogP contribution in [0.25, 0.3) is 0 Å². The highest BCUT2D eigenvalue weighted by molar-refractivity contribution is 5.94. The number of carbonyl (C=O) groups excluding carboxylic acids is 1. The summed E-state index contributed by atoms with van der Waals surface area (Å²) in [5.41, 5.74) is 4.49. The minimum Gasteiger partial charge on any atom is -0.356 e. The molecule has 2 aliphatic rings. The van der Waals surface area contributed by atoms with Crippen molar-refractivity contribution in [3.05, 3.63) is 52.5 Å². The number of nitrogens with one attached hydrogen (secondary N) is 1. The maximum absolute atomic E-state index is 13.2. The Balaban J connectivity index is 1.41. The molecular formula is C24H33N5O. The van der Waals surface area contributed by atoms with Crippen molar-refractivity contribution in [1.82, 2.24) is 20.2 Å². The summed E-state index contributed by atoms with van der Waals surface area (Å²) in [6, 6.07) is 8.97. The van der Waals surface area contributed by atoms with Gasteiger partial charge in [-0.05, 0) is 69.3 Å². The van der Waals surface area contributed by atoms with Crippen LogP contribution in [-0.4, -0.2) is 53.5 Å². The van der Waals surface area contributed by atoms with E-state index >= 15 is 0 Å². The summed E-state index contributed by atoms with van der Waals surface area (Å²) < 4.78 is 0. The number of rotatable bonds is 5. The van der Waals surface area contributed by atoms with E-state index in [1.807, 2.05) is 37.9 Å². The number of amides is 1. The Morgan fingerprint density at radius 2 is 1.93 bits per heavy atom. The van der Waals surface area contributed by atoms with Crippen molar-refractivity contribution in [2.45, 2.75) is 58.5 Å². The lowest BCUT2D eigenvalue weighted by Crippen LogP contribution is -2.46. The van der Waals surface area contributed by atoms with Gasteiger partial charge in [-0.2, -0.15) is 0 Å². The summed E-state index contributed by atoms with van der Waals surface area (Å²) in [6.45, 7) is 8.85. The third-order valence-corrected chi connectivity index (χ3v) is 6.53. The molecule has 30 heavy (non-hydrogen) atoms. The van der Waals surface area contributed by atoms with Gasteiger partial charge in [0.25, 0.3) is 5.91 Å². The van der Waals surface area contributed by atoms with E-state index in [2.05, 4.69) is 39.2 Å². The van der Waals surface area contributed by atoms with Crippen molar-refractivity contribution in [3.63, 3.8) is 0 Å². The second-order valence-corrected chi connectivity index (χ2v) is 8.61. The van der Waals surface area contributed by atoms with Gasteiger partial charge in [-0.1, -0.05) is 13.0 Å². The van der Waals surface area contributed by atoms with Gasteiger partial charge in [0.1, 0.15) is 11.6 Å². The summed E-state index contributed by atoms with van der Waals surface area (Å²) in [5.74, 6) is 1.94. The van der Waals surface area contributed by atoms with Crippen molar-refractivity contribution < 1.29 is 4.79 Å². The minimum atomic E-state index is 0.132. The Morgan fingerprint density at radius 1 is 1.17 bits per heavy atom. The molecule has 6 nitrogen and oxygen atoms in total. The summed E-state index contributed by atoms with van der Waals surface area (Å²) in [5, 5.41) is 3.55. The summed E-state index contributed by atoms with van der Waals surface area (Å²) in [4.78, 5) is 26.5. The van der Waals surface area contributed by atoms with Gasteiger partial charge in [-0.3, -0.25) is 4.79 Å². The number of hydrogen-bond donors (Lipinski definition) is 1. The van der Waals surface area contributed by atoms with Crippen molar-refractivity contribution >= 4 is 11.7 Å². The summed E-state index contributed by atoms with van der Waals surface area (Å²) >= 11 is 0. The molecule has 4 rings (SSSR count). The fraction of sp³-hybridized carbons (Fsp3) is 0.542. The van der Waals surface area contributed by atoms with Crippen LogP contribution in [0, 0.1) is 13.8 Å². The monoisotopic (exact) mass is 407 g/mol. The number of fused-ring (bicyclic) bond motifs is 1. The molecule has 0 saturated carbocycles. The third kappa shape index (κ3) is 4.19. The molecule has 1 fully saturated rings. The Morgan fingerprint density at radius 3 is 2.63 bits per heavy atom. The van der Waals surface area contributed by atoms with Crippen LogP contribution in [-0.2, 0) is 6.42 Å². The molecule has 160 valence electrons. The van der Waals surface area contributed by atoms with E-state index in [0.717, 1.165) is 68.2 Å². The first-order valence-electron chi connectivity index (χ1n) is 11.2. The smallest absolute Gasteiger partial charge is 0.253 e. The summed E-state index contributed by atoms with van der Waals surface area (Å²) in [7, 11) is 1.96. The van der Waals surface area contributed by atoms with Gasteiger partial charge >= 0.3 is 0 Å². The third-order valence-electron chi connectivity index (χ3n) is 6.53. The highest BCUT2D eigenvalue weighted by atomic mass is 16.2. The number of aryl methyl sites for hydroxylation is 3. The van der Waals surface area contributed by atoms with E-state index in [1.165, 1.54) is 11.1 Å². The molecule has 1 aromatic carbocycles. The standard InChI is InChI=1S/C24H33N5O/c1-5-25-22-9-8-18-6-7-19(15-21(18)22)24(30)28(4)20-10-12-29(13-11-20)23-14-16(2)26-17(3)27-23/h6-7,14-15,20,22,25H,5,8-13H2,1-4H3. The van der Waals surface area contributed by atoms with E-state index in [1.54, 1.807) is 0 Å². The zero-order chi connectivity index (χ0) is 21.3. The molecule has 1 unspecified atom stereocenters. The lowest BCUT2D eigenvalue weighted by molar-refractivity contribution is 0.0709. The van der Waals surface area contributed by atoms with E-state index in [9.17, 15) is 4.79 Å². The van der Waals surface area contributed by atoms with Crippen LogP contribution in [0.2, 0.25) is 0 Å². The molecule has 1 aromatic heterocycles. The SMILES string of the molecule is CCNC1CCc2ccc(C(=O)N(C)C3CCN(c4cc(C)nc(C)n4)CC3)cc21. The van der Waals surface area contributed by atoms with Crippen molar-refractivity contribution in [3.8, 4) is 0 Å². The molecule has 1 saturated heterocycles. The van der Waals surface area contributed by atoms with Crippen molar-refractivity contribution in [1.29, 1.82) is 0 Å². The van der Waals surface area contributed by atoms with Gasteiger partial charge < -0.3 is 15.1 Å². The average molecular weight is 408 g/mol.